The van der Waals surface area contributed by atoms with Gasteiger partial charge in [-0.25, -0.2) is 8.42 Å². The standard InChI is InChI=1S/C26H36N2O7S/c1-16-10-17(2)15-28(14-16)24(30)13-21(25-22(29)11-20(34-3)12-23(25)35-4)18-6-8-19(9-7-18)26(31)27-36(5,32)33/h6-9,11-12,16-17,21,26-27,29,31H,10,13-15H2,1-5H3/t16-,17+,21-,26?/m1/s1. The first kappa shape index (κ1) is 27.8. The Labute approximate surface area is 213 Å². The number of rotatable bonds is 9. The van der Waals surface area contributed by atoms with Crippen LogP contribution < -0.4 is 14.2 Å². The first-order valence-electron chi connectivity index (χ1n) is 11.9. The summed E-state index contributed by atoms with van der Waals surface area (Å²) in [4.78, 5) is 15.4. The van der Waals surface area contributed by atoms with Crippen molar-refractivity contribution in [2.45, 2.75) is 38.8 Å². The molecule has 198 valence electrons. The number of hydrogen-bond donors (Lipinski definition) is 3. The molecule has 0 saturated carbocycles. The molecule has 4 atom stereocenters. The number of piperidine rings is 1. The minimum absolute atomic E-state index is 0.0291. The Morgan fingerprint density at radius 3 is 2.19 bits per heavy atom. The largest absolute Gasteiger partial charge is 0.507 e. The van der Waals surface area contributed by atoms with E-state index in [9.17, 15) is 23.4 Å². The molecule has 3 rings (SSSR count). The van der Waals surface area contributed by atoms with Crippen molar-refractivity contribution in [1.82, 2.24) is 9.62 Å². The van der Waals surface area contributed by atoms with Gasteiger partial charge in [0.25, 0.3) is 0 Å². The van der Waals surface area contributed by atoms with Crippen molar-refractivity contribution in [3.05, 3.63) is 53.1 Å². The topological polar surface area (TPSA) is 125 Å². The summed E-state index contributed by atoms with van der Waals surface area (Å²) >= 11 is 0. The second kappa shape index (κ2) is 11.5. The number of carbonyl (C=O) groups is 1. The van der Waals surface area contributed by atoms with Crippen molar-refractivity contribution < 1.29 is 32.9 Å². The highest BCUT2D eigenvalue weighted by Crippen LogP contribution is 2.43. The number of carbonyl (C=O) groups excluding carboxylic acids is 1. The maximum atomic E-state index is 13.5. The summed E-state index contributed by atoms with van der Waals surface area (Å²) in [5.41, 5.74) is 1.50. The number of hydrogen-bond acceptors (Lipinski definition) is 7. The number of phenolic OH excluding ortho intramolecular Hbond substituents is 1. The molecule has 1 fully saturated rings. The second-order valence-electron chi connectivity index (χ2n) is 9.72. The summed E-state index contributed by atoms with van der Waals surface area (Å²) < 4.78 is 35.9. The number of phenols is 1. The Hall–Kier alpha value is -2.82. The molecule has 0 spiro atoms. The molecule has 1 heterocycles. The van der Waals surface area contributed by atoms with Crippen LogP contribution in [0.15, 0.2) is 36.4 Å². The molecule has 1 saturated heterocycles. The van der Waals surface area contributed by atoms with Crippen molar-refractivity contribution in [2.24, 2.45) is 11.8 Å². The van der Waals surface area contributed by atoms with Gasteiger partial charge in [0.15, 0.2) is 0 Å². The highest BCUT2D eigenvalue weighted by atomic mass is 32.2. The van der Waals surface area contributed by atoms with Crippen molar-refractivity contribution in [1.29, 1.82) is 0 Å². The number of aliphatic hydroxyl groups excluding tert-OH is 1. The Bertz CT molecular complexity index is 1160. The summed E-state index contributed by atoms with van der Waals surface area (Å²) in [7, 11) is -0.636. The zero-order valence-electron chi connectivity index (χ0n) is 21.4. The van der Waals surface area contributed by atoms with E-state index in [0.29, 0.717) is 53.1 Å². The van der Waals surface area contributed by atoms with Gasteiger partial charge in [0.1, 0.15) is 23.5 Å². The van der Waals surface area contributed by atoms with Crippen LogP contribution >= 0.6 is 0 Å². The van der Waals surface area contributed by atoms with E-state index in [0.717, 1.165) is 12.7 Å². The number of benzene rings is 2. The zero-order chi connectivity index (χ0) is 26.6. The highest BCUT2D eigenvalue weighted by Gasteiger charge is 2.31. The number of sulfonamides is 1. The second-order valence-corrected chi connectivity index (χ2v) is 11.5. The van der Waals surface area contributed by atoms with Crippen LogP contribution in [0.4, 0.5) is 0 Å². The predicted molar refractivity (Wildman–Crippen MR) is 137 cm³/mol. The van der Waals surface area contributed by atoms with Gasteiger partial charge in [-0.1, -0.05) is 38.1 Å². The smallest absolute Gasteiger partial charge is 0.223 e. The summed E-state index contributed by atoms with van der Waals surface area (Å²) in [5.74, 6) is 0.965. The van der Waals surface area contributed by atoms with E-state index in [4.69, 9.17) is 9.47 Å². The van der Waals surface area contributed by atoms with Gasteiger partial charge in [-0.3, -0.25) is 4.79 Å². The number of nitrogens with zero attached hydrogens (tertiary/aromatic N) is 1. The highest BCUT2D eigenvalue weighted by molar-refractivity contribution is 7.88. The molecule has 1 aliphatic heterocycles. The molecule has 1 aliphatic rings. The fourth-order valence-corrected chi connectivity index (χ4v) is 5.50. The third-order valence-corrected chi connectivity index (χ3v) is 7.13. The third-order valence-electron chi connectivity index (χ3n) is 6.48. The minimum Gasteiger partial charge on any atom is -0.507 e. The molecule has 10 heteroatoms. The molecule has 3 N–H and O–H groups in total. The van der Waals surface area contributed by atoms with E-state index < -0.39 is 22.2 Å². The van der Waals surface area contributed by atoms with Crippen LogP contribution in [0.25, 0.3) is 0 Å². The molecule has 9 nitrogen and oxygen atoms in total. The van der Waals surface area contributed by atoms with E-state index in [1.54, 1.807) is 30.3 Å². The number of ether oxygens (including phenoxy) is 2. The lowest BCUT2D eigenvalue weighted by molar-refractivity contribution is -0.134. The normalized spacial score (nSPS) is 20.0. The summed E-state index contributed by atoms with van der Waals surface area (Å²) in [6.07, 6.45) is 0.729. The zero-order valence-corrected chi connectivity index (χ0v) is 22.2. The lowest BCUT2D eigenvalue weighted by Gasteiger charge is -2.36. The molecule has 0 aromatic heterocycles. The van der Waals surface area contributed by atoms with Gasteiger partial charge in [0, 0.05) is 43.1 Å². The summed E-state index contributed by atoms with van der Waals surface area (Å²) in [6, 6.07) is 9.75. The van der Waals surface area contributed by atoms with Crippen molar-refractivity contribution in [3.63, 3.8) is 0 Å². The van der Waals surface area contributed by atoms with Gasteiger partial charge >= 0.3 is 0 Å². The summed E-state index contributed by atoms with van der Waals surface area (Å²) in [6.45, 7) is 5.65. The van der Waals surface area contributed by atoms with E-state index >= 15 is 0 Å². The number of likely N-dealkylation sites (tertiary alicyclic amines) is 1. The van der Waals surface area contributed by atoms with Gasteiger partial charge in [-0.05, 0) is 29.4 Å². The Morgan fingerprint density at radius 1 is 1.08 bits per heavy atom. The maximum Gasteiger partial charge on any atom is 0.223 e. The first-order chi connectivity index (χ1) is 16.9. The first-order valence-corrected chi connectivity index (χ1v) is 13.8. The van der Waals surface area contributed by atoms with Gasteiger partial charge in [0.05, 0.1) is 20.5 Å². The summed E-state index contributed by atoms with van der Waals surface area (Å²) in [5, 5.41) is 21.2. The number of aromatic hydroxyl groups is 1. The number of nitrogens with one attached hydrogen (secondary N) is 1. The predicted octanol–water partition coefficient (Wildman–Crippen LogP) is 2.98. The van der Waals surface area contributed by atoms with Gasteiger partial charge in [-0.2, -0.15) is 4.72 Å². The van der Waals surface area contributed by atoms with Gasteiger partial charge in [0.2, 0.25) is 15.9 Å². The monoisotopic (exact) mass is 520 g/mol. The Kier molecular flexibility index (Phi) is 8.86. The molecule has 1 unspecified atom stereocenters. The van der Waals surface area contributed by atoms with Crippen LogP contribution in [-0.4, -0.2) is 63.0 Å². The van der Waals surface area contributed by atoms with Crippen LogP contribution in [0.3, 0.4) is 0 Å². The fraction of sp³-hybridized carbons (Fsp3) is 0.500. The van der Waals surface area contributed by atoms with Crippen LogP contribution in [0.1, 0.15) is 55.5 Å². The average molecular weight is 521 g/mol. The molecule has 2 aromatic rings. The van der Waals surface area contributed by atoms with Crippen molar-refractivity contribution in [3.8, 4) is 17.2 Å². The van der Waals surface area contributed by atoms with E-state index in [1.165, 1.54) is 20.3 Å². The number of amides is 1. The van der Waals surface area contributed by atoms with Crippen molar-refractivity contribution >= 4 is 15.9 Å². The lowest BCUT2D eigenvalue weighted by atomic mass is 9.85. The number of aliphatic hydroxyl groups is 1. The molecule has 0 bridgehead atoms. The SMILES string of the molecule is COc1cc(O)c([C@H](CC(=O)N2C[C@H](C)C[C@H](C)C2)c2ccc(C(O)NS(C)(=O)=O)cc2)c(OC)c1. The maximum absolute atomic E-state index is 13.5. The van der Waals surface area contributed by atoms with Crippen LogP contribution in [0, 0.1) is 11.8 Å². The van der Waals surface area contributed by atoms with Crippen LogP contribution in [-0.2, 0) is 14.8 Å². The number of methoxy groups -OCH3 is 2. The quantitative estimate of drug-likeness (QED) is 0.434. The molecule has 2 aromatic carbocycles. The van der Waals surface area contributed by atoms with Gasteiger partial charge in [-0.15, -0.1) is 0 Å². The lowest BCUT2D eigenvalue weighted by Crippen LogP contribution is -2.43. The van der Waals surface area contributed by atoms with Crippen LogP contribution in [0.2, 0.25) is 0 Å². The van der Waals surface area contributed by atoms with E-state index in [1.807, 2.05) is 4.90 Å². The molecule has 36 heavy (non-hydrogen) atoms. The van der Waals surface area contributed by atoms with E-state index in [2.05, 4.69) is 18.6 Å². The third kappa shape index (κ3) is 6.89. The molecular weight excluding hydrogens is 484 g/mol. The fourth-order valence-electron chi connectivity index (χ4n) is 4.96. The Balaban J connectivity index is 2.00. The van der Waals surface area contributed by atoms with Gasteiger partial charge < -0.3 is 24.6 Å². The molecule has 0 aliphatic carbocycles. The molecular formula is C26H36N2O7S. The van der Waals surface area contributed by atoms with Crippen LogP contribution in [0.5, 0.6) is 17.2 Å². The molecule has 0 radical (unpaired) electrons. The minimum atomic E-state index is -3.61. The van der Waals surface area contributed by atoms with Crippen molar-refractivity contribution in [2.75, 3.05) is 33.6 Å². The molecule has 1 amide bonds. The van der Waals surface area contributed by atoms with E-state index in [-0.39, 0.29) is 18.1 Å². The Morgan fingerprint density at radius 2 is 1.67 bits per heavy atom. The average Bonchev–Trinajstić information content (AvgIpc) is 2.80.